The molecular formula is C73H40B2N4. The van der Waals surface area contributed by atoms with Crippen LogP contribution in [0.2, 0.25) is 0 Å². The van der Waals surface area contributed by atoms with Gasteiger partial charge in [-0.1, -0.05) is 182 Å². The summed E-state index contributed by atoms with van der Waals surface area (Å²) >= 11 is 0. The minimum absolute atomic E-state index is 0.00678. The van der Waals surface area contributed by atoms with E-state index in [1.807, 2.05) is 0 Å². The molecule has 6 heteroatoms. The predicted octanol–water partition coefficient (Wildman–Crippen LogP) is 12.7. The third kappa shape index (κ3) is 4.38. The molecule has 12 aromatic carbocycles. The normalized spacial score (nSPS) is 14.4. The van der Waals surface area contributed by atoms with Crippen LogP contribution in [-0.2, 0) is 5.41 Å². The van der Waals surface area contributed by atoms with Gasteiger partial charge < -0.3 is 18.3 Å². The molecule has 0 radical (unpaired) electrons. The number of aromatic nitrogens is 4. The van der Waals surface area contributed by atoms with Gasteiger partial charge in [0, 0.05) is 65.8 Å². The highest BCUT2D eigenvalue weighted by Gasteiger charge is 2.51. The van der Waals surface area contributed by atoms with Crippen LogP contribution in [0, 0.1) is 0 Å². The minimum Gasteiger partial charge on any atom is -0.310 e. The summed E-state index contributed by atoms with van der Waals surface area (Å²) in [6.45, 7) is -0.0136. The van der Waals surface area contributed by atoms with Crippen LogP contribution in [0.15, 0.2) is 243 Å². The van der Waals surface area contributed by atoms with E-state index >= 15 is 0 Å². The Balaban J connectivity index is 0.959. The fourth-order valence-corrected chi connectivity index (χ4v) is 17.0. The first-order chi connectivity index (χ1) is 39.3. The van der Waals surface area contributed by atoms with Gasteiger partial charge in [0.25, 0.3) is 13.4 Å². The van der Waals surface area contributed by atoms with E-state index in [2.05, 4.69) is 261 Å². The number of para-hydroxylation sites is 6. The SMILES string of the molecule is c1ccc(C2(c3ccccc3)c3cc4c(cc3-c3cc5c(cc32)-n2c3ccccc3c3cc6c7ccccc7n7c6c(c32)B5c2ccccc2-7)B2c3ccccc3-n3c5ccccc5c5cc6c7ccccc7n-4c6c2c53)cc1. The lowest BCUT2D eigenvalue weighted by molar-refractivity contribution is 0.767. The van der Waals surface area contributed by atoms with E-state index in [0.29, 0.717) is 0 Å². The second-order valence-corrected chi connectivity index (χ2v) is 23.0. The van der Waals surface area contributed by atoms with Gasteiger partial charge in [0.05, 0.1) is 49.5 Å². The van der Waals surface area contributed by atoms with E-state index in [1.165, 1.54) is 176 Å². The van der Waals surface area contributed by atoms with E-state index in [-0.39, 0.29) is 13.4 Å². The molecule has 0 spiro atoms. The van der Waals surface area contributed by atoms with Crippen molar-refractivity contribution in [3.05, 3.63) is 265 Å². The monoisotopic (exact) mass is 994 g/mol. The molecule has 0 unspecified atom stereocenters. The maximum atomic E-state index is 2.68. The van der Waals surface area contributed by atoms with Gasteiger partial charge in [0.2, 0.25) is 0 Å². The zero-order valence-corrected chi connectivity index (χ0v) is 42.5. The van der Waals surface area contributed by atoms with Gasteiger partial charge >= 0.3 is 0 Å². The lowest BCUT2D eigenvalue weighted by atomic mass is 9.34. The molecule has 4 nitrogen and oxygen atoms in total. The Morgan fingerprint density at radius 2 is 0.570 bits per heavy atom. The Kier molecular flexibility index (Phi) is 6.91. The zero-order valence-electron chi connectivity index (χ0n) is 42.5. The van der Waals surface area contributed by atoms with E-state index < -0.39 is 5.41 Å². The molecule has 0 amide bonds. The molecule has 8 heterocycles. The van der Waals surface area contributed by atoms with Crippen LogP contribution in [0.1, 0.15) is 22.3 Å². The zero-order chi connectivity index (χ0) is 50.7. The Hall–Kier alpha value is -10.0. The molecule has 0 saturated heterocycles. The maximum Gasteiger partial charge on any atom is 0.252 e. The first-order valence-electron chi connectivity index (χ1n) is 27.9. The molecule has 79 heavy (non-hydrogen) atoms. The van der Waals surface area contributed by atoms with E-state index in [9.17, 15) is 0 Å². The third-order valence-electron chi connectivity index (χ3n) is 19.8. The molecular weight excluding hydrogens is 954 g/mol. The van der Waals surface area contributed by atoms with Crippen molar-refractivity contribution in [1.29, 1.82) is 0 Å². The topological polar surface area (TPSA) is 19.7 Å². The molecule has 16 aromatic rings. The lowest BCUT2D eigenvalue weighted by Crippen LogP contribution is -2.59. The van der Waals surface area contributed by atoms with Gasteiger partial charge in [-0.25, -0.2) is 0 Å². The summed E-state index contributed by atoms with van der Waals surface area (Å²) < 4.78 is 10.5. The quantitative estimate of drug-likeness (QED) is 0.154. The molecule has 0 fully saturated rings. The van der Waals surface area contributed by atoms with Crippen molar-refractivity contribution in [2.24, 2.45) is 0 Å². The summed E-state index contributed by atoms with van der Waals surface area (Å²) in [5.41, 5.74) is 30.7. The van der Waals surface area contributed by atoms with Crippen molar-refractivity contribution in [3.8, 4) is 33.9 Å². The van der Waals surface area contributed by atoms with Crippen molar-refractivity contribution in [2.75, 3.05) is 0 Å². The first kappa shape index (κ1) is 40.3. The number of hydrogen-bond donors (Lipinski definition) is 0. The van der Waals surface area contributed by atoms with Crippen molar-refractivity contribution in [3.63, 3.8) is 0 Å². The average molecular weight is 995 g/mol. The van der Waals surface area contributed by atoms with Gasteiger partial charge in [-0.2, -0.15) is 0 Å². The molecule has 0 N–H and O–H groups in total. The highest BCUT2D eigenvalue weighted by molar-refractivity contribution is 7.01. The number of fused-ring (bicyclic) bond motifs is 27. The average Bonchev–Trinajstić information content (AvgIpc) is 4.00. The second kappa shape index (κ2) is 13.6. The van der Waals surface area contributed by atoms with Gasteiger partial charge in [-0.3, -0.25) is 0 Å². The molecule has 4 aromatic heterocycles. The van der Waals surface area contributed by atoms with E-state index in [0.717, 1.165) is 0 Å². The van der Waals surface area contributed by atoms with Gasteiger partial charge in [-0.05, 0) is 127 Å². The molecule has 1 aliphatic carbocycles. The van der Waals surface area contributed by atoms with Crippen LogP contribution < -0.4 is 32.8 Å². The van der Waals surface area contributed by atoms with Crippen LogP contribution in [0.25, 0.3) is 121 Å². The highest BCUT2D eigenvalue weighted by atomic mass is 15.0. The molecule has 0 bridgehead atoms. The molecule has 0 saturated carbocycles. The predicted molar refractivity (Wildman–Crippen MR) is 330 cm³/mol. The summed E-state index contributed by atoms with van der Waals surface area (Å²) in [5, 5.41) is 10.5. The molecule has 5 aliphatic rings. The molecule has 358 valence electrons. The number of hydrogen-bond acceptors (Lipinski definition) is 0. The second-order valence-electron chi connectivity index (χ2n) is 23.0. The largest absolute Gasteiger partial charge is 0.310 e. The lowest BCUT2D eigenvalue weighted by Gasteiger charge is -2.37. The Morgan fingerprint density at radius 3 is 0.949 bits per heavy atom. The fourth-order valence-electron chi connectivity index (χ4n) is 17.0. The van der Waals surface area contributed by atoms with Gasteiger partial charge in [0.15, 0.2) is 0 Å². The number of rotatable bonds is 2. The van der Waals surface area contributed by atoms with Crippen molar-refractivity contribution < 1.29 is 0 Å². The number of nitrogens with zero attached hydrogens (tertiary/aromatic N) is 4. The summed E-state index contributed by atoms with van der Waals surface area (Å²) in [5.74, 6) is 0. The molecule has 0 atom stereocenters. The minimum atomic E-state index is -0.677. The fraction of sp³-hybridized carbons (Fsp3) is 0.0137. The summed E-state index contributed by atoms with van der Waals surface area (Å²) in [6, 6.07) is 93.6. The summed E-state index contributed by atoms with van der Waals surface area (Å²) in [6.07, 6.45) is 0. The van der Waals surface area contributed by atoms with Crippen LogP contribution >= 0.6 is 0 Å². The standard InChI is InChI=1S/C73H40B2N4/c1-3-19-41(20-4-1)73(42-21-5-2-6-22-42)53-39-65-57(74-55-27-11-17-33-63(55)76-59-29-13-7-23-43(59)49-35-51-45-25-9-15-31-61(45)78(65)71(51)67(74)69(49)76)37-47(53)48-38-58-66(40-54(48)73)79-62-32-16-10-26-46(62)52-36-50-44-24-8-14-30-60(44)77-64-34-18-12-28-56(64)75(58)68(70(50)77)72(52)79/h1-40H. The van der Waals surface area contributed by atoms with Crippen molar-refractivity contribution in [1.82, 2.24) is 18.3 Å². The van der Waals surface area contributed by atoms with Gasteiger partial charge in [-0.15, -0.1) is 0 Å². The van der Waals surface area contributed by atoms with Crippen molar-refractivity contribution >= 4 is 133 Å². The maximum absolute atomic E-state index is 2.68. The molecule has 21 rings (SSSR count). The Bertz CT molecular complexity index is 5230. The van der Waals surface area contributed by atoms with Crippen molar-refractivity contribution in [2.45, 2.75) is 5.41 Å². The molecule has 4 aliphatic heterocycles. The van der Waals surface area contributed by atoms with Gasteiger partial charge in [0.1, 0.15) is 0 Å². The van der Waals surface area contributed by atoms with Crippen LogP contribution in [0.3, 0.4) is 0 Å². The van der Waals surface area contributed by atoms with Crippen LogP contribution in [0.5, 0.6) is 0 Å². The van der Waals surface area contributed by atoms with Crippen LogP contribution in [-0.4, -0.2) is 31.7 Å². The number of benzene rings is 12. The summed E-state index contributed by atoms with van der Waals surface area (Å²) in [4.78, 5) is 0. The highest BCUT2D eigenvalue weighted by Crippen LogP contribution is 2.58. The van der Waals surface area contributed by atoms with Crippen LogP contribution in [0.4, 0.5) is 0 Å². The summed E-state index contributed by atoms with van der Waals surface area (Å²) in [7, 11) is 0. The Morgan fingerprint density at radius 1 is 0.253 bits per heavy atom. The van der Waals surface area contributed by atoms with E-state index in [1.54, 1.807) is 0 Å². The third-order valence-corrected chi connectivity index (χ3v) is 19.8. The Labute approximate surface area is 453 Å². The van der Waals surface area contributed by atoms with E-state index in [4.69, 9.17) is 0 Å². The smallest absolute Gasteiger partial charge is 0.252 e. The first-order valence-corrected chi connectivity index (χ1v) is 27.9.